The van der Waals surface area contributed by atoms with Gasteiger partial charge in [0.1, 0.15) is 6.54 Å². The number of aromatic nitrogens is 3. The van der Waals surface area contributed by atoms with Gasteiger partial charge in [-0.25, -0.2) is 0 Å². The number of rotatable bonds is 4. The van der Waals surface area contributed by atoms with Crippen molar-refractivity contribution in [3.8, 4) is 5.69 Å². The molecule has 0 unspecified atom stereocenters. The van der Waals surface area contributed by atoms with E-state index >= 15 is 0 Å². The summed E-state index contributed by atoms with van der Waals surface area (Å²) < 4.78 is 6.81. The average Bonchev–Trinajstić information content (AvgIpc) is 3.02. The lowest BCUT2D eigenvalue weighted by molar-refractivity contribution is -0.384. The van der Waals surface area contributed by atoms with Gasteiger partial charge in [-0.05, 0) is 6.07 Å². The van der Waals surface area contributed by atoms with Crippen LogP contribution in [0.15, 0.2) is 53.5 Å². The standard InChI is InChI=1S/C19H15N5O4/c1-12(25)28-11-18-22-21-17-10-20-19(13-5-3-2-4-6-13)15-9-14(24(26)27)7-8-16(15)23(17)18/h2-9H,10-11H2,1H3. The number of benzene rings is 2. The van der Waals surface area contributed by atoms with Crippen LogP contribution in [-0.2, 0) is 22.7 Å². The Hall–Kier alpha value is -3.88. The van der Waals surface area contributed by atoms with Crippen LogP contribution in [0.2, 0.25) is 0 Å². The lowest BCUT2D eigenvalue weighted by Gasteiger charge is -2.13. The summed E-state index contributed by atoms with van der Waals surface area (Å²) in [5.74, 6) is 0.545. The number of nitrogens with zero attached hydrogens (tertiary/aromatic N) is 5. The van der Waals surface area contributed by atoms with Crippen molar-refractivity contribution in [2.24, 2.45) is 4.99 Å². The summed E-state index contributed by atoms with van der Waals surface area (Å²) >= 11 is 0. The molecule has 0 fully saturated rings. The van der Waals surface area contributed by atoms with Gasteiger partial charge in [-0.2, -0.15) is 0 Å². The molecule has 2 aromatic carbocycles. The Morgan fingerprint density at radius 1 is 1.21 bits per heavy atom. The fraction of sp³-hybridized carbons (Fsp3) is 0.158. The molecule has 2 heterocycles. The molecule has 0 amide bonds. The lowest BCUT2D eigenvalue weighted by Crippen LogP contribution is -2.11. The van der Waals surface area contributed by atoms with Crippen LogP contribution < -0.4 is 0 Å². The molecule has 3 aromatic rings. The molecular formula is C19H15N5O4. The average molecular weight is 377 g/mol. The van der Waals surface area contributed by atoms with Gasteiger partial charge >= 0.3 is 5.97 Å². The van der Waals surface area contributed by atoms with Crippen molar-refractivity contribution in [3.63, 3.8) is 0 Å². The number of hydrogen-bond acceptors (Lipinski definition) is 7. The second kappa shape index (κ2) is 7.03. The summed E-state index contributed by atoms with van der Waals surface area (Å²) in [4.78, 5) is 26.7. The molecule has 0 radical (unpaired) electrons. The van der Waals surface area contributed by atoms with Gasteiger partial charge in [-0.1, -0.05) is 30.3 Å². The van der Waals surface area contributed by atoms with Gasteiger partial charge in [0.15, 0.2) is 18.3 Å². The van der Waals surface area contributed by atoms with Gasteiger partial charge < -0.3 is 4.74 Å². The number of carbonyl (C=O) groups excluding carboxylic acids is 1. The Kier molecular flexibility index (Phi) is 4.40. The molecule has 0 aliphatic carbocycles. The van der Waals surface area contributed by atoms with Crippen molar-refractivity contribution in [2.45, 2.75) is 20.1 Å². The summed E-state index contributed by atoms with van der Waals surface area (Å²) in [6, 6.07) is 14.0. The summed E-state index contributed by atoms with van der Waals surface area (Å²) in [5.41, 5.74) is 2.66. The Bertz CT molecular complexity index is 1100. The number of hydrogen-bond donors (Lipinski definition) is 0. The maximum absolute atomic E-state index is 11.3. The topological polar surface area (TPSA) is 113 Å². The van der Waals surface area contributed by atoms with E-state index in [0.29, 0.717) is 28.6 Å². The number of ether oxygens (including phenoxy) is 1. The first-order chi connectivity index (χ1) is 13.5. The van der Waals surface area contributed by atoms with E-state index in [4.69, 9.17) is 4.74 Å². The molecule has 0 atom stereocenters. The van der Waals surface area contributed by atoms with Crippen LogP contribution in [0.3, 0.4) is 0 Å². The zero-order valence-corrected chi connectivity index (χ0v) is 14.9. The van der Waals surface area contributed by atoms with Crippen molar-refractivity contribution in [1.29, 1.82) is 0 Å². The minimum Gasteiger partial charge on any atom is -0.458 e. The van der Waals surface area contributed by atoms with Crippen LogP contribution in [0, 0.1) is 10.1 Å². The van der Waals surface area contributed by atoms with E-state index in [1.54, 1.807) is 10.6 Å². The lowest BCUT2D eigenvalue weighted by atomic mass is 10.00. The Balaban J connectivity index is 1.91. The highest BCUT2D eigenvalue weighted by atomic mass is 16.6. The number of esters is 1. The molecule has 1 aliphatic heterocycles. The first-order valence-electron chi connectivity index (χ1n) is 8.50. The van der Waals surface area contributed by atoms with Gasteiger partial charge in [-0.3, -0.25) is 24.5 Å². The van der Waals surface area contributed by atoms with E-state index in [1.807, 2.05) is 30.3 Å². The number of fused-ring (bicyclic) bond motifs is 3. The molecule has 0 N–H and O–H groups in total. The van der Waals surface area contributed by atoms with Crippen molar-refractivity contribution < 1.29 is 14.5 Å². The van der Waals surface area contributed by atoms with Crippen LogP contribution in [0.1, 0.15) is 29.7 Å². The van der Waals surface area contributed by atoms with Crippen LogP contribution in [0.25, 0.3) is 5.69 Å². The first-order valence-corrected chi connectivity index (χ1v) is 8.50. The molecule has 4 rings (SSSR count). The Morgan fingerprint density at radius 3 is 2.71 bits per heavy atom. The van der Waals surface area contributed by atoms with Crippen molar-refractivity contribution in [2.75, 3.05) is 0 Å². The van der Waals surface area contributed by atoms with Gasteiger partial charge in [-0.15, -0.1) is 10.2 Å². The largest absolute Gasteiger partial charge is 0.458 e. The van der Waals surface area contributed by atoms with E-state index in [9.17, 15) is 14.9 Å². The molecule has 0 saturated carbocycles. The monoisotopic (exact) mass is 377 g/mol. The van der Waals surface area contributed by atoms with E-state index in [-0.39, 0.29) is 18.8 Å². The zero-order chi connectivity index (χ0) is 19.7. The fourth-order valence-electron chi connectivity index (χ4n) is 3.09. The predicted molar refractivity (Wildman–Crippen MR) is 99.3 cm³/mol. The molecular weight excluding hydrogens is 362 g/mol. The highest BCUT2D eigenvalue weighted by molar-refractivity contribution is 6.15. The molecule has 0 spiro atoms. The first kappa shape index (κ1) is 17.5. The minimum absolute atomic E-state index is 0.0413. The summed E-state index contributed by atoms with van der Waals surface area (Å²) in [6.07, 6.45) is 0. The third kappa shape index (κ3) is 3.13. The second-order valence-electron chi connectivity index (χ2n) is 6.14. The number of aliphatic imine (C=N–C) groups is 1. The minimum atomic E-state index is -0.444. The Morgan fingerprint density at radius 2 is 2.00 bits per heavy atom. The normalized spacial score (nSPS) is 12.4. The molecule has 9 heteroatoms. The highest BCUT2D eigenvalue weighted by Gasteiger charge is 2.25. The summed E-state index contributed by atoms with van der Waals surface area (Å²) in [7, 11) is 0. The van der Waals surface area contributed by atoms with Gasteiger partial charge in [0.2, 0.25) is 0 Å². The van der Waals surface area contributed by atoms with Crippen LogP contribution in [0.5, 0.6) is 0 Å². The molecule has 0 saturated heterocycles. The van der Waals surface area contributed by atoms with E-state index in [2.05, 4.69) is 15.2 Å². The maximum Gasteiger partial charge on any atom is 0.303 e. The van der Waals surface area contributed by atoms with Crippen molar-refractivity contribution in [1.82, 2.24) is 14.8 Å². The van der Waals surface area contributed by atoms with Gasteiger partial charge in [0.05, 0.1) is 16.3 Å². The summed E-state index contributed by atoms with van der Waals surface area (Å²) in [5, 5.41) is 19.6. The quantitative estimate of drug-likeness (QED) is 0.392. The molecule has 1 aromatic heterocycles. The molecule has 0 bridgehead atoms. The molecule has 28 heavy (non-hydrogen) atoms. The fourth-order valence-corrected chi connectivity index (χ4v) is 3.09. The highest BCUT2D eigenvalue weighted by Crippen LogP contribution is 2.29. The SMILES string of the molecule is CC(=O)OCc1nnc2n1-c1ccc([N+](=O)[O-])cc1C(c1ccccc1)=NC2. The van der Waals surface area contributed by atoms with E-state index in [1.165, 1.54) is 19.1 Å². The third-order valence-electron chi connectivity index (χ3n) is 4.31. The van der Waals surface area contributed by atoms with Crippen LogP contribution >= 0.6 is 0 Å². The Labute approximate surface area is 159 Å². The van der Waals surface area contributed by atoms with Gasteiger partial charge in [0.25, 0.3) is 5.69 Å². The van der Waals surface area contributed by atoms with Crippen molar-refractivity contribution in [3.05, 3.63) is 81.4 Å². The maximum atomic E-state index is 11.3. The predicted octanol–water partition coefficient (Wildman–Crippen LogP) is 2.59. The third-order valence-corrected chi connectivity index (χ3v) is 4.31. The van der Waals surface area contributed by atoms with E-state index < -0.39 is 10.9 Å². The number of nitro groups is 1. The van der Waals surface area contributed by atoms with Gasteiger partial charge in [0, 0.05) is 30.2 Å². The summed E-state index contributed by atoms with van der Waals surface area (Å²) in [6.45, 7) is 1.49. The zero-order valence-electron chi connectivity index (χ0n) is 14.9. The number of carbonyl (C=O) groups is 1. The molecule has 9 nitrogen and oxygen atoms in total. The second-order valence-corrected chi connectivity index (χ2v) is 6.14. The molecule has 140 valence electrons. The smallest absolute Gasteiger partial charge is 0.303 e. The van der Waals surface area contributed by atoms with Crippen LogP contribution in [-0.4, -0.2) is 31.4 Å². The number of non-ortho nitro benzene ring substituents is 1. The van der Waals surface area contributed by atoms with Crippen LogP contribution in [0.4, 0.5) is 5.69 Å². The van der Waals surface area contributed by atoms with E-state index in [0.717, 1.165) is 5.56 Å². The number of nitro benzene ring substituents is 1. The molecule has 1 aliphatic rings. The van der Waals surface area contributed by atoms with Crippen molar-refractivity contribution >= 4 is 17.4 Å².